The number of aromatic nitrogens is 4. The Kier molecular flexibility index (Phi) is 4.50. The molecule has 4 rings (SSSR count). The Labute approximate surface area is 159 Å². The highest BCUT2D eigenvalue weighted by atomic mass is 19.1. The van der Waals surface area contributed by atoms with Crippen LogP contribution in [0.4, 0.5) is 19.4 Å². The van der Waals surface area contributed by atoms with Gasteiger partial charge >= 0.3 is 6.03 Å². The molecule has 0 spiro atoms. The van der Waals surface area contributed by atoms with Crippen LogP contribution in [0, 0.1) is 11.6 Å². The minimum absolute atomic E-state index is 0.102. The highest BCUT2D eigenvalue weighted by Crippen LogP contribution is 2.43. The first kappa shape index (κ1) is 18.0. The van der Waals surface area contributed by atoms with E-state index in [0.717, 1.165) is 12.0 Å². The van der Waals surface area contributed by atoms with Crippen LogP contribution in [0.5, 0.6) is 0 Å². The molecule has 0 atom stereocenters. The molecule has 9 heteroatoms. The predicted octanol–water partition coefficient (Wildman–Crippen LogP) is 3.36. The first-order valence-corrected chi connectivity index (χ1v) is 8.83. The molecule has 2 heterocycles. The van der Waals surface area contributed by atoms with Crippen LogP contribution in [0.25, 0.3) is 11.3 Å². The van der Waals surface area contributed by atoms with Crippen molar-refractivity contribution in [2.24, 2.45) is 7.05 Å². The largest absolute Gasteiger partial charge is 0.328 e. The highest BCUT2D eigenvalue weighted by Gasteiger charge is 2.44. The number of hydrogen-bond donors (Lipinski definition) is 2. The van der Waals surface area contributed by atoms with Crippen LogP contribution >= 0.6 is 0 Å². The fourth-order valence-electron chi connectivity index (χ4n) is 3.39. The predicted molar refractivity (Wildman–Crippen MR) is 98.3 cm³/mol. The molecular formula is C19H18F2N6O. The van der Waals surface area contributed by atoms with Gasteiger partial charge in [-0.25, -0.2) is 13.6 Å². The number of amides is 2. The third-order valence-electron chi connectivity index (χ3n) is 4.91. The van der Waals surface area contributed by atoms with Crippen LogP contribution in [0.1, 0.15) is 24.8 Å². The van der Waals surface area contributed by atoms with Crippen molar-refractivity contribution in [2.75, 3.05) is 5.32 Å². The van der Waals surface area contributed by atoms with E-state index < -0.39 is 23.2 Å². The summed E-state index contributed by atoms with van der Waals surface area (Å²) in [6.45, 7) is 0. The summed E-state index contributed by atoms with van der Waals surface area (Å²) in [6, 6.07) is 6.41. The van der Waals surface area contributed by atoms with Crippen LogP contribution in [-0.4, -0.2) is 26.0 Å². The minimum Gasteiger partial charge on any atom is -0.328 e. The minimum atomic E-state index is -1.05. The van der Waals surface area contributed by atoms with Gasteiger partial charge in [-0.2, -0.15) is 5.10 Å². The summed E-state index contributed by atoms with van der Waals surface area (Å²) in [5, 5.41) is 17.4. The van der Waals surface area contributed by atoms with Crippen molar-refractivity contribution >= 4 is 11.8 Å². The Morgan fingerprint density at radius 1 is 1.14 bits per heavy atom. The van der Waals surface area contributed by atoms with Crippen LogP contribution in [0.2, 0.25) is 0 Å². The molecule has 0 radical (unpaired) electrons. The van der Waals surface area contributed by atoms with Gasteiger partial charge in [-0.05, 0) is 43.5 Å². The number of nitrogens with one attached hydrogen (secondary N) is 2. The normalized spacial score (nSPS) is 15.0. The van der Waals surface area contributed by atoms with Gasteiger partial charge in [-0.1, -0.05) is 6.07 Å². The molecule has 7 nitrogen and oxygen atoms in total. The quantitative estimate of drug-likeness (QED) is 0.722. The fourth-order valence-corrected chi connectivity index (χ4v) is 3.39. The molecule has 0 unspecified atom stereocenters. The first-order valence-electron chi connectivity index (χ1n) is 8.83. The topological polar surface area (TPSA) is 84.7 Å². The van der Waals surface area contributed by atoms with Gasteiger partial charge in [0.05, 0.1) is 17.4 Å². The summed E-state index contributed by atoms with van der Waals surface area (Å²) in [5.41, 5.74) is 0.259. The Bertz CT molecular complexity index is 993. The van der Waals surface area contributed by atoms with Crippen molar-refractivity contribution in [3.05, 3.63) is 59.9 Å². The average Bonchev–Trinajstić information content (AvgIpc) is 3.06. The molecule has 1 aliphatic rings. The van der Waals surface area contributed by atoms with Gasteiger partial charge < -0.3 is 5.32 Å². The third kappa shape index (κ3) is 3.30. The second-order valence-electron chi connectivity index (χ2n) is 6.82. The van der Waals surface area contributed by atoms with Crippen molar-refractivity contribution in [3.63, 3.8) is 0 Å². The molecule has 2 amide bonds. The number of carbonyl (C=O) groups excluding carboxylic acids is 1. The van der Waals surface area contributed by atoms with Crippen LogP contribution < -0.4 is 10.6 Å². The zero-order valence-corrected chi connectivity index (χ0v) is 15.1. The summed E-state index contributed by atoms with van der Waals surface area (Å²) >= 11 is 0. The number of carbonyl (C=O) groups is 1. The van der Waals surface area contributed by atoms with Crippen LogP contribution in [-0.2, 0) is 12.6 Å². The smallest absolute Gasteiger partial charge is 0.321 e. The first-order chi connectivity index (χ1) is 13.5. The van der Waals surface area contributed by atoms with Crippen molar-refractivity contribution in [1.29, 1.82) is 0 Å². The van der Waals surface area contributed by atoms with Crippen molar-refractivity contribution in [2.45, 2.75) is 24.8 Å². The molecule has 0 aliphatic heterocycles. The van der Waals surface area contributed by atoms with E-state index in [1.54, 1.807) is 36.3 Å². The molecule has 1 aliphatic carbocycles. The van der Waals surface area contributed by atoms with Gasteiger partial charge in [0.15, 0.2) is 5.82 Å². The standard InChI is InChI=1S/C19H18F2N6O/c1-27-11-12(10-22-27)15-6-7-16(26-25-15)23-18(28)24-19(8-3-9-19)17-13(20)4-2-5-14(17)21/h2,4-7,10-11H,3,8-9H2,1H3,(H2,23,24,26,28). The van der Waals surface area contributed by atoms with E-state index in [9.17, 15) is 13.6 Å². The maximum absolute atomic E-state index is 14.2. The lowest BCUT2D eigenvalue weighted by Gasteiger charge is -2.43. The summed E-state index contributed by atoms with van der Waals surface area (Å²) < 4.78 is 30.1. The number of hydrogen-bond acceptors (Lipinski definition) is 4. The Morgan fingerprint density at radius 3 is 2.43 bits per heavy atom. The number of urea groups is 1. The average molecular weight is 384 g/mol. The Balaban J connectivity index is 1.48. The number of halogens is 2. The lowest BCUT2D eigenvalue weighted by molar-refractivity contribution is 0.175. The molecular weight excluding hydrogens is 366 g/mol. The van der Waals surface area contributed by atoms with E-state index in [2.05, 4.69) is 25.9 Å². The number of benzene rings is 1. The molecule has 1 saturated carbocycles. The van der Waals surface area contributed by atoms with E-state index in [-0.39, 0.29) is 11.4 Å². The monoisotopic (exact) mass is 384 g/mol. The summed E-state index contributed by atoms with van der Waals surface area (Å²) in [4.78, 5) is 12.4. The van der Waals surface area contributed by atoms with E-state index >= 15 is 0 Å². The number of aryl methyl sites for hydroxylation is 1. The summed E-state index contributed by atoms with van der Waals surface area (Å²) in [6.07, 6.45) is 5.15. The second kappa shape index (κ2) is 6.99. The zero-order chi connectivity index (χ0) is 19.7. The van der Waals surface area contributed by atoms with Gasteiger partial charge in [0.2, 0.25) is 0 Å². The number of rotatable bonds is 4. The van der Waals surface area contributed by atoms with Gasteiger partial charge in [-0.3, -0.25) is 10.00 Å². The van der Waals surface area contributed by atoms with Gasteiger partial charge in [0.25, 0.3) is 0 Å². The third-order valence-corrected chi connectivity index (χ3v) is 4.91. The van der Waals surface area contributed by atoms with E-state index in [4.69, 9.17) is 0 Å². The van der Waals surface area contributed by atoms with Crippen molar-refractivity contribution in [3.8, 4) is 11.3 Å². The fraction of sp³-hybridized carbons (Fsp3) is 0.263. The molecule has 2 N–H and O–H groups in total. The Morgan fingerprint density at radius 2 is 1.89 bits per heavy atom. The van der Waals surface area contributed by atoms with Gasteiger partial charge in [-0.15, -0.1) is 10.2 Å². The van der Waals surface area contributed by atoms with Crippen LogP contribution in [0.3, 0.4) is 0 Å². The summed E-state index contributed by atoms with van der Waals surface area (Å²) in [5.74, 6) is -1.10. The molecule has 0 bridgehead atoms. The number of nitrogens with zero attached hydrogens (tertiary/aromatic N) is 4. The van der Waals surface area contributed by atoms with Crippen molar-refractivity contribution < 1.29 is 13.6 Å². The van der Waals surface area contributed by atoms with Crippen LogP contribution in [0.15, 0.2) is 42.7 Å². The number of anilines is 1. The maximum Gasteiger partial charge on any atom is 0.321 e. The van der Waals surface area contributed by atoms with Crippen molar-refractivity contribution in [1.82, 2.24) is 25.3 Å². The molecule has 28 heavy (non-hydrogen) atoms. The molecule has 3 aromatic rings. The van der Waals surface area contributed by atoms with Gasteiger partial charge in [0, 0.05) is 24.4 Å². The molecule has 1 aromatic carbocycles. The van der Waals surface area contributed by atoms with Gasteiger partial charge in [0.1, 0.15) is 11.6 Å². The lowest BCUT2D eigenvalue weighted by atomic mass is 9.71. The zero-order valence-electron chi connectivity index (χ0n) is 15.1. The highest BCUT2D eigenvalue weighted by molar-refractivity contribution is 5.89. The Hall–Kier alpha value is -3.36. The molecule has 144 valence electrons. The molecule has 2 aromatic heterocycles. The van der Waals surface area contributed by atoms with E-state index in [1.807, 2.05) is 0 Å². The van der Waals surface area contributed by atoms with E-state index in [0.29, 0.717) is 18.5 Å². The molecule has 0 saturated heterocycles. The SMILES string of the molecule is Cn1cc(-c2ccc(NC(=O)NC3(c4c(F)cccc4F)CCC3)nn2)cn1. The second-order valence-corrected chi connectivity index (χ2v) is 6.82. The molecule has 1 fully saturated rings. The summed E-state index contributed by atoms with van der Waals surface area (Å²) in [7, 11) is 1.80. The lowest BCUT2D eigenvalue weighted by Crippen LogP contribution is -2.53. The maximum atomic E-state index is 14.2. The van der Waals surface area contributed by atoms with E-state index in [1.165, 1.54) is 18.2 Å².